The Labute approximate surface area is 131 Å². The minimum absolute atomic E-state index is 0. The molecule has 21 heavy (non-hydrogen) atoms. The van der Waals surface area contributed by atoms with E-state index in [1.54, 1.807) is 14.0 Å². The topological polar surface area (TPSA) is 70.6 Å². The summed E-state index contributed by atoms with van der Waals surface area (Å²) < 4.78 is 5.31. The number of benzene rings is 1. The fourth-order valence-electron chi connectivity index (χ4n) is 2.47. The quantitative estimate of drug-likeness (QED) is 0.696. The van der Waals surface area contributed by atoms with Gasteiger partial charge in [0.2, 0.25) is 5.91 Å². The number of rotatable bonds is 6. The maximum absolute atomic E-state index is 11.5. The molecule has 1 heterocycles. The molecule has 0 bridgehead atoms. The third-order valence-electron chi connectivity index (χ3n) is 3.47. The first-order valence-electron chi connectivity index (χ1n) is 6.99. The van der Waals surface area contributed by atoms with Crippen molar-refractivity contribution < 1.29 is 14.6 Å². The van der Waals surface area contributed by atoms with E-state index < -0.39 is 0 Å². The number of halogens is 1. The lowest BCUT2D eigenvalue weighted by molar-refractivity contribution is -0.116. The van der Waals surface area contributed by atoms with Gasteiger partial charge in [-0.15, -0.1) is 12.4 Å². The van der Waals surface area contributed by atoms with Gasteiger partial charge >= 0.3 is 0 Å². The van der Waals surface area contributed by atoms with Crippen LogP contribution >= 0.6 is 12.4 Å². The van der Waals surface area contributed by atoms with Crippen molar-refractivity contribution in [2.45, 2.75) is 32.3 Å². The number of hydrogen-bond acceptors (Lipinski definition) is 4. The Balaban J connectivity index is 0.00000220. The number of hydrogen-bond donors (Lipinski definition) is 3. The number of amides is 1. The van der Waals surface area contributed by atoms with E-state index in [9.17, 15) is 9.90 Å². The molecule has 0 saturated carbocycles. The molecule has 1 aromatic carbocycles. The van der Waals surface area contributed by atoms with Crippen molar-refractivity contribution in [3.05, 3.63) is 23.3 Å². The van der Waals surface area contributed by atoms with Crippen molar-refractivity contribution in [1.82, 2.24) is 5.32 Å². The zero-order valence-electron chi connectivity index (χ0n) is 12.4. The third kappa shape index (κ3) is 4.59. The Kier molecular flexibility index (Phi) is 6.95. The van der Waals surface area contributed by atoms with Crippen LogP contribution in [-0.4, -0.2) is 37.3 Å². The smallest absolute Gasteiger partial charge is 0.224 e. The SMILES string of the molecule is COc1ccc(CCNCC(C)O)c2c1NC(=O)CC2.Cl. The van der Waals surface area contributed by atoms with Gasteiger partial charge < -0.3 is 20.5 Å². The first kappa shape index (κ1) is 17.8. The second kappa shape index (κ2) is 8.22. The van der Waals surface area contributed by atoms with Crippen molar-refractivity contribution in [2.24, 2.45) is 0 Å². The lowest BCUT2D eigenvalue weighted by Gasteiger charge is -2.22. The van der Waals surface area contributed by atoms with E-state index in [-0.39, 0.29) is 24.4 Å². The second-order valence-electron chi connectivity index (χ2n) is 5.13. The van der Waals surface area contributed by atoms with Crippen molar-refractivity contribution in [1.29, 1.82) is 0 Å². The lowest BCUT2D eigenvalue weighted by atomic mass is 9.95. The Morgan fingerprint density at radius 2 is 2.19 bits per heavy atom. The maximum Gasteiger partial charge on any atom is 0.224 e. The van der Waals surface area contributed by atoms with Crippen LogP contribution < -0.4 is 15.4 Å². The first-order chi connectivity index (χ1) is 9.61. The van der Waals surface area contributed by atoms with E-state index in [0.717, 1.165) is 25.1 Å². The molecule has 0 aromatic heterocycles. The molecule has 1 aliphatic heterocycles. The van der Waals surface area contributed by atoms with E-state index in [1.165, 1.54) is 11.1 Å². The largest absolute Gasteiger partial charge is 0.495 e. The fourth-order valence-corrected chi connectivity index (χ4v) is 2.47. The standard InChI is InChI=1S/C15H22N2O3.ClH/c1-10(18)9-16-8-7-11-3-5-13(20-2)15-12(11)4-6-14(19)17-15;/h3,5,10,16,18H,4,6-9H2,1-2H3,(H,17,19);1H. The minimum atomic E-state index is -0.334. The van der Waals surface area contributed by atoms with Gasteiger partial charge in [0.25, 0.3) is 0 Å². The first-order valence-corrected chi connectivity index (χ1v) is 6.99. The third-order valence-corrected chi connectivity index (χ3v) is 3.47. The molecular formula is C15H23ClN2O3. The highest BCUT2D eigenvalue weighted by Crippen LogP contribution is 2.35. The van der Waals surface area contributed by atoms with Crippen molar-refractivity contribution in [3.8, 4) is 5.75 Å². The highest BCUT2D eigenvalue weighted by Gasteiger charge is 2.21. The zero-order valence-corrected chi connectivity index (χ0v) is 13.3. The van der Waals surface area contributed by atoms with Crippen LogP contribution in [0.2, 0.25) is 0 Å². The summed E-state index contributed by atoms with van der Waals surface area (Å²) in [6.45, 7) is 3.16. The number of carbonyl (C=O) groups is 1. The van der Waals surface area contributed by atoms with Gasteiger partial charge in [-0.05, 0) is 43.5 Å². The van der Waals surface area contributed by atoms with Gasteiger partial charge in [-0.3, -0.25) is 4.79 Å². The van der Waals surface area contributed by atoms with Gasteiger partial charge in [0, 0.05) is 13.0 Å². The van der Waals surface area contributed by atoms with Gasteiger partial charge in [0.1, 0.15) is 5.75 Å². The van der Waals surface area contributed by atoms with Crippen LogP contribution in [0.25, 0.3) is 0 Å². The summed E-state index contributed by atoms with van der Waals surface area (Å²) >= 11 is 0. The van der Waals surface area contributed by atoms with E-state index in [0.29, 0.717) is 18.7 Å². The predicted octanol–water partition coefficient (Wildman–Crippen LogP) is 1.51. The monoisotopic (exact) mass is 314 g/mol. The van der Waals surface area contributed by atoms with E-state index >= 15 is 0 Å². The van der Waals surface area contributed by atoms with Crippen molar-refractivity contribution >= 4 is 24.0 Å². The summed E-state index contributed by atoms with van der Waals surface area (Å²) in [7, 11) is 1.61. The number of nitrogens with one attached hydrogen (secondary N) is 2. The van der Waals surface area contributed by atoms with Crippen molar-refractivity contribution in [2.75, 3.05) is 25.5 Å². The molecule has 0 spiro atoms. The second-order valence-corrected chi connectivity index (χ2v) is 5.13. The normalized spacial score (nSPS) is 14.7. The van der Waals surface area contributed by atoms with Gasteiger partial charge in [-0.2, -0.15) is 0 Å². The van der Waals surface area contributed by atoms with Crippen LogP contribution in [0.3, 0.4) is 0 Å². The molecule has 6 heteroatoms. The zero-order chi connectivity index (χ0) is 14.5. The number of methoxy groups -OCH3 is 1. The maximum atomic E-state index is 11.5. The number of carbonyl (C=O) groups excluding carboxylic acids is 1. The molecule has 1 aromatic rings. The summed E-state index contributed by atoms with van der Waals surface area (Å²) in [6.07, 6.45) is 1.81. The van der Waals surface area contributed by atoms with E-state index in [2.05, 4.69) is 16.7 Å². The molecule has 3 N–H and O–H groups in total. The molecular weight excluding hydrogens is 292 g/mol. The highest BCUT2D eigenvalue weighted by molar-refractivity contribution is 5.96. The van der Waals surface area contributed by atoms with Crippen LogP contribution in [0, 0.1) is 0 Å². The van der Waals surface area contributed by atoms with Crippen LogP contribution in [0.5, 0.6) is 5.75 Å². The molecule has 118 valence electrons. The summed E-state index contributed by atoms with van der Waals surface area (Å²) in [5.41, 5.74) is 3.21. The predicted molar refractivity (Wildman–Crippen MR) is 85.4 cm³/mol. The summed E-state index contributed by atoms with van der Waals surface area (Å²) in [4.78, 5) is 11.5. The highest BCUT2D eigenvalue weighted by atomic mass is 35.5. The molecule has 1 aliphatic rings. The van der Waals surface area contributed by atoms with Gasteiger partial charge in [-0.1, -0.05) is 6.07 Å². The molecule has 1 unspecified atom stereocenters. The van der Waals surface area contributed by atoms with Gasteiger partial charge in [0.15, 0.2) is 0 Å². The minimum Gasteiger partial charge on any atom is -0.495 e. The Morgan fingerprint density at radius 1 is 1.43 bits per heavy atom. The molecule has 2 rings (SSSR count). The summed E-state index contributed by atoms with van der Waals surface area (Å²) in [5, 5.41) is 15.3. The number of fused-ring (bicyclic) bond motifs is 1. The molecule has 1 atom stereocenters. The number of ether oxygens (including phenoxy) is 1. The van der Waals surface area contributed by atoms with Crippen molar-refractivity contribution in [3.63, 3.8) is 0 Å². The van der Waals surface area contributed by atoms with Crippen LogP contribution in [0.4, 0.5) is 5.69 Å². The van der Waals surface area contributed by atoms with Gasteiger partial charge in [-0.25, -0.2) is 0 Å². The molecule has 0 fully saturated rings. The Hall–Kier alpha value is -1.30. The van der Waals surface area contributed by atoms with Gasteiger partial charge in [0.05, 0.1) is 18.9 Å². The molecule has 5 nitrogen and oxygen atoms in total. The molecule has 0 radical (unpaired) electrons. The molecule has 1 amide bonds. The average molecular weight is 315 g/mol. The average Bonchev–Trinajstić information content (AvgIpc) is 2.43. The van der Waals surface area contributed by atoms with E-state index in [1.807, 2.05) is 6.07 Å². The van der Waals surface area contributed by atoms with Crippen LogP contribution in [0.15, 0.2) is 12.1 Å². The van der Waals surface area contributed by atoms with Crippen LogP contribution in [-0.2, 0) is 17.6 Å². The van der Waals surface area contributed by atoms with Crippen LogP contribution in [0.1, 0.15) is 24.5 Å². The Bertz CT molecular complexity index is 492. The Morgan fingerprint density at radius 3 is 2.86 bits per heavy atom. The van der Waals surface area contributed by atoms with E-state index in [4.69, 9.17) is 4.74 Å². The number of anilines is 1. The number of aliphatic hydroxyl groups excluding tert-OH is 1. The summed E-state index contributed by atoms with van der Waals surface area (Å²) in [5.74, 6) is 0.758. The number of aliphatic hydroxyl groups is 1. The summed E-state index contributed by atoms with van der Waals surface area (Å²) in [6, 6.07) is 3.95. The fraction of sp³-hybridized carbons (Fsp3) is 0.533. The molecule has 0 saturated heterocycles. The molecule has 0 aliphatic carbocycles. The lowest BCUT2D eigenvalue weighted by Crippen LogP contribution is -2.27.